The van der Waals surface area contributed by atoms with Crippen molar-refractivity contribution in [1.82, 2.24) is 10.3 Å². The quantitative estimate of drug-likeness (QED) is 0.863. The first kappa shape index (κ1) is 14.3. The number of nitrogens with zero attached hydrogens (tertiary/aromatic N) is 2. The Labute approximate surface area is 125 Å². The van der Waals surface area contributed by atoms with Crippen molar-refractivity contribution in [3.05, 3.63) is 23.4 Å². The van der Waals surface area contributed by atoms with Gasteiger partial charge in [-0.05, 0) is 51.3 Å². The largest absolute Gasteiger partial charge is 0.365 e. The maximum atomic E-state index is 11.7. The van der Waals surface area contributed by atoms with E-state index in [4.69, 9.17) is 5.73 Å². The summed E-state index contributed by atoms with van der Waals surface area (Å²) in [5.41, 5.74) is 7.01. The molecule has 1 aliphatic carbocycles. The van der Waals surface area contributed by atoms with E-state index in [-0.39, 0.29) is 5.91 Å². The van der Waals surface area contributed by atoms with Crippen molar-refractivity contribution in [2.75, 3.05) is 18.0 Å². The Kier molecular flexibility index (Phi) is 4.10. The normalized spacial score (nSPS) is 22.0. The summed E-state index contributed by atoms with van der Waals surface area (Å²) in [7, 11) is 0. The fourth-order valence-electron chi connectivity index (χ4n) is 3.07. The van der Waals surface area contributed by atoms with Crippen LogP contribution in [0.3, 0.4) is 0 Å². The lowest BCUT2D eigenvalue weighted by Gasteiger charge is -2.32. The van der Waals surface area contributed by atoms with Crippen molar-refractivity contribution in [1.29, 1.82) is 0 Å². The number of carbonyl (C=O) groups is 1. The van der Waals surface area contributed by atoms with E-state index in [1.54, 1.807) is 0 Å². The Morgan fingerprint density at radius 2 is 2.19 bits per heavy atom. The Balaban J connectivity index is 1.86. The number of pyridine rings is 1. The number of carbonyl (C=O) groups excluding carboxylic acids is 1. The Morgan fingerprint density at radius 3 is 2.81 bits per heavy atom. The highest BCUT2D eigenvalue weighted by atomic mass is 16.1. The van der Waals surface area contributed by atoms with Crippen molar-refractivity contribution in [2.45, 2.75) is 51.1 Å². The van der Waals surface area contributed by atoms with E-state index < -0.39 is 0 Å². The van der Waals surface area contributed by atoms with Gasteiger partial charge in [-0.2, -0.15) is 0 Å². The fraction of sp³-hybridized carbons (Fsp3) is 0.625. The number of hydrogen-bond acceptors (Lipinski definition) is 4. The van der Waals surface area contributed by atoms with Gasteiger partial charge in [0.2, 0.25) is 0 Å². The Bertz CT molecular complexity index is 521. The van der Waals surface area contributed by atoms with E-state index >= 15 is 0 Å². The van der Waals surface area contributed by atoms with Gasteiger partial charge in [0, 0.05) is 24.3 Å². The van der Waals surface area contributed by atoms with Crippen LogP contribution in [0, 0.1) is 6.92 Å². The molecular weight excluding hydrogens is 264 g/mol. The number of primary amides is 1. The molecule has 1 saturated carbocycles. The third-order valence-electron chi connectivity index (χ3n) is 4.37. The van der Waals surface area contributed by atoms with E-state index in [9.17, 15) is 4.79 Å². The summed E-state index contributed by atoms with van der Waals surface area (Å²) in [6, 6.07) is 4.67. The number of aryl methyl sites for hydroxylation is 1. The highest BCUT2D eigenvalue weighted by Gasteiger charge is 2.33. The monoisotopic (exact) mass is 288 g/mol. The van der Waals surface area contributed by atoms with Gasteiger partial charge in [0.15, 0.2) is 0 Å². The molecule has 0 aromatic carbocycles. The lowest BCUT2D eigenvalue weighted by molar-refractivity contribution is 0.100. The van der Waals surface area contributed by atoms with E-state index in [0.717, 1.165) is 24.6 Å². The Morgan fingerprint density at radius 1 is 1.38 bits per heavy atom. The minimum atomic E-state index is -0.389. The van der Waals surface area contributed by atoms with Gasteiger partial charge < -0.3 is 16.0 Å². The van der Waals surface area contributed by atoms with Crippen LogP contribution in [-0.2, 0) is 0 Å². The van der Waals surface area contributed by atoms with Gasteiger partial charge in [0.25, 0.3) is 5.91 Å². The molecule has 2 aliphatic rings. The van der Waals surface area contributed by atoms with Crippen molar-refractivity contribution in [2.24, 2.45) is 5.73 Å². The molecule has 114 valence electrons. The van der Waals surface area contributed by atoms with Gasteiger partial charge >= 0.3 is 0 Å². The molecule has 5 heteroatoms. The number of nitrogens with one attached hydrogen (secondary N) is 1. The zero-order chi connectivity index (χ0) is 14.8. The maximum absolute atomic E-state index is 11.7. The first-order chi connectivity index (χ1) is 10.1. The highest BCUT2D eigenvalue weighted by Crippen LogP contribution is 2.33. The summed E-state index contributed by atoms with van der Waals surface area (Å²) in [4.78, 5) is 18.6. The van der Waals surface area contributed by atoms with Crippen LogP contribution < -0.4 is 16.0 Å². The molecular formula is C16H24N4O. The van der Waals surface area contributed by atoms with Gasteiger partial charge in [-0.1, -0.05) is 6.42 Å². The van der Waals surface area contributed by atoms with Crippen molar-refractivity contribution in [3.63, 3.8) is 0 Å². The first-order valence-electron chi connectivity index (χ1n) is 7.92. The molecule has 1 unspecified atom stereocenters. The van der Waals surface area contributed by atoms with Crippen molar-refractivity contribution in [3.8, 4) is 0 Å². The number of rotatable bonds is 5. The van der Waals surface area contributed by atoms with Crippen LogP contribution in [0.2, 0.25) is 0 Å². The summed E-state index contributed by atoms with van der Waals surface area (Å²) in [5, 5.41) is 3.58. The lowest BCUT2D eigenvalue weighted by Crippen LogP contribution is -2.45. The molecule has 2 fully saturated rings. The van der Waals surface area contributed by atoms with Gasteiger partial charge in [-0.25, -0.2) is 4.98 Å². The van der Waals surface area contributed by atoms with Crippen LogP contribution in [-0.4, -0.2) is 36.1 Å². The summed E-state index contributed by atoms with van der Waals surface area (Å²) in [6.45, 7) is 3.96. The Hall–Kier alpha value is -1.62. The molecule has 3 N–H and O–H groups in total. The van der Waals surface area contributed by atoms with Gasteiger partial charge in [-0.15, -0.1) is 0 Å². The van der Waals surface area contributed by atoms with E-state index in [2.05, 4.69) is 15.2 Å². The van der Waals surface area contributed by atoms with Gasteiger partial charge in [0.05, 0.1) is 5.56 Å². The number of anilines is 1. The van der Waals surface area contributed by atoms with E-state index in [1.165, 1.54) is 32.1 Å². The fourth-order valence-corrected chi connectivity index (χ4v) is 3.07. The minimum absolute atomic E-state index is 0.389. The smallest absolute Gasteiger partial charge is 0.252 e. The van der Waals surface area contributed by atoms with Crippen LogP contribution in [0.25, 0.3) is 0 Å². The third kappa shape index (κ3) is 3.35. The zero-order valence-electron chi connectivity index (χ0n) is 12.6. The molecule has 1 atom stereocenters. The topological polar surface area (TPSA) is 71.2 Å². The molecule has 2 heterocycles. The highest BCUT2D eigenvalue weighted by molar-refractivity contribution is 5.97. The molecule has 1 saturated heterocycles. The second-order valence-electron chi connectivity index (χ2n) is 6.22. The lowest BCUT2D eigenvalue weighted by atomic mass is 10.0. The molecule has 5 nitrogen and oxygen atoms in total. The first-order valence-corrected chi connectivity index (χ1v) is 7.92. The second-order valence-corrected chi connectivity index (χ2v) is 6.22. The van der Waals surface area contributed by atoms with E-state index in [0.29, 0.717) is 17.6 Å². The van der Waals surface area contributed by atoms with Crippen LogP contribution >= 0.6 is 0 Å². The average molecular weight is 288 g/mol. The predicted molar refractivity (Wildman–Crippen MR) is 83.5 cm³/mol. The number of aromatic nitrogens is 1. The number of amides is 1. The zero-order valence-corrected chi connectivity index (χ0v) is 12.6. The standard InChI is InChI=1S/C16H24N4O/c1-11-5-8-14(15(17)21)16(19-11)20(13-6-7-13)10-12-4-2-3-9-18-12/h5,8,12-13,18H,2-4,6-7,9-10H2,1H3,(H2,17,21). The summed E-state index contributed by atoms with van der Waals surface area (Å²) in [5.74, 6) is 0.386. The van der Waals surface area contributed by atoms with Crippen LogP contribution in [0.4, 0.5) is 5.82 Å². The minimum Gasteiger partial charge on any atom is -0.365 e. The summed E-state index contributed by atoms with van der Waals surface area (Å²) >= 11 is 0. The van der Waals surface area contributed by atoms with Crippen LogP contribution in [0.15, 0.2) is 12.1 Å². The summed E-state index contributed by atoms with van der Waals surface area (Å²) in [6.07, 6.45) is 6.09. The molecule has 0 spiro atoms. The molecule has 1 amide bonds. The predicted octanol–water partition coefficient (Wildman–Crippen LogP) is 1.60. The molecule has 1 aromatic rings. The second kappa shape index (κ2) is 6.02. The SMILES string of the molecule is Cc1ccc(C(N)=O)c(N(CC2CCCCN2)C2CC2)n1. The number of nitrogens with two attached hydrogens (primary N) is 1. The molecule has 21 heavy (non-hydrogen) atoms. The number of hydrogen-bond donors (Lipinski definition) is 2. The maximum Gasteiger partial charge on any atom is 0.252 e. The van der Waals surface area contributed by atoms with Gasteiger partial charge in [0.1, 0.15) is 5.82 Å². The summed E-state index contributed by atoms with van der Waals surface area (Å²) < 4.78 is 0. The average Bonchev–Trinajstić information content (AvgIpc) is 3.30. The van der Waals surface area contributed by atoms with Crippen LogP contribution in [0.1, 0.15) is 48.2 Å². The van der Waals surface area contributed by atoms with Crippen LogP contribution in [0.5, 0.6) is 0 Å². The molecule has 0 bridgehead atoms. The van der Waals surface area contributed by atoms with Crippen molar-refractivity contribution >= 4 is 11.7 Å². The van der Waals surface area contributed by atoms with E-state index in [1.807, 2.05) is 19.1 Å². The third-order valence-corrected chi connectivity index (χ3v) is 4.37. The van der Waals surface area contributed by atoms with Gasteiger partial charge in [-0.3, -0.25) is 4.79 Å². The number of piperidine rings is 1. The molecule has 1 aromatic heterocycles. The molecule has 3 rings (SSSR count). The molecule has 0 radical (unpaired) electrons. The molecule has 1 aliphatic heterocycles. The van der Waals surface area contributed by atoms with Crippen molar-refractivity contribution < 1.29 is 4.79 Å².